The van der Waals surface area contributed by atoms with Crippen LogP contribution in [-0.2, 0) is 11.2 Å². The van der Waals surface area contributed by atoms with Gasteiger partial charge in [-0.2, -0.15) is 8.78 Å². The first-order chi connectivity index (χ1) is 13.3. The quantitative estimate of drug-likeness (QED) is 0.651. The lowest BCUT2D eigenvalue weighted by Crippen LogP contribution is -2.37. The van der Waals surface area contributed by atoms with Crippen molar-refractivity contribution < 1.29 is 27.1 Å². The van der Waals surface area contributed by atoms with Crippen LogP contribution >= 0.6 is 0 Å². The number of hydrogen-bond acceptors (Lipinski definition) is 3. The highest BCUT2D eigenvalue weighted by molar-refractivity contribution is 5.78. The maximum atomic E-state index is 13.9. The number of hydrogen-bond donors (Lipinski definition) is 1. The molecule has 0 aliphatic heterocycles. The van der Waals surface area contributed by atoms with Crippen LogP contribution in [0.1, 0.15) is 24.1 Å². The molecule has 0 aliphatic carbocycles. The summed E-state index contributed by atoms with van der Waals surface area (Å²) < 4.78 is 55.7. The minimum atomic E-state index is -2.87. The summed E-state index contributed by atoms with van der Waals surface area (Å²) in [6, 6.07) is 8.91. The number of amides is 1. The van der Waals surface area contributed by atoms with Crippen molar-refractivity contribution in [2.75, 3.05) is 20.1 Å². The maximum Gasteiger partial charge on any atom is 0.387 e. The van der Waals surface area contributed by atoms with Crippen LogP contribution in [0.25, 0.3) is 0 Å². The smallest absolute Gasteiger partial charge is 0.387 e. The maximum absolute atomic E-state index is 13.9. The van der Waals surface area contributed by atoms with Gasteiger partial charge in [0.15, 0.2) is 0 Å². The van der Waals surface area contributed by atoms with Crippen LogP contribution < -0.4 is 10.1 Å². The molecule has 0 spiro atoms. The summed E-state index contributed by atoms with van der Waals surface area (Å²) in [5.41, 5.74) is 1.03. The van der Waals surface area contributed by atoms with Crippen molar-refractivity contribution >= 4 is 5.91 Å². The van der Waals surface area contributed by atoms with E-state index in [1.54, 1.807) is 31.0 Å². The molecule has 0 aromatic heterocycles. The zero-order valence-corrected chi connectivity index (χ0v) is 15.6. The van der Waals surface area contributed by atoms with Crippen molar-refractivity contribution in [3.8, 4) is 5.75 Å². The molecule has 0 bridgehead atoms. The summed E-state index contributed by atoms with van der Waals surface area (Å²) in [4.78, 5) is 13.7. The Morgan fingerprint density at radius 3 is 2.46 bits per heavy atom. The van der Waals surface area contributed by atoms with Crippen molar-refractivity contribution in [1.29, 1.82) is 0 Å². The van der Waals surface area contributed by atoms with Gasteiger partial charge in [-0.3, -0.25) is 9.69 Å². The fraction of sp³-hybridized carbons (Fsp3) is 0.350. The van der Waals surface area contributed by atoms with Crippen LogP contribution in [0.3, 0.4) is 0 Å². The lowest BCUT2D eigenvalue weighted by Gasteiger charge is -2.24. The van der Waals surface area contributed by atoms with Crippen LogP contribution in [-0.4, -0.2) is 37.6 Å². The van der Waals surface area contributed by atoms with E-state index in [9.17, 15) is 22.4 Å². The second-order valence-corrected chi connectivity index (χ2v) is 6.38. The van der Waals surface area contributed by atoms with E-state index in [-0.39, 0.29) is 23.8 Å². The summed E-state index contributed by atoms with van der Waals surface area (Å²) in [5.74, 6) is -1.25. The third-order valence-corrected chi connectivity index (χ3v) is 4.35. The Bertz CT molecular complexity index is 784. The van der Waals surface area contributed by atoms with Crippen LogP contribution in [0.4, 0.5) is 17.6 Å². The fourth-order valence-corrected chi connectivity index (χ4v) is 2.68. The number of nitrogens with zero attached hydrogens (tertiary/aromatic N) is 1. The Morgan fingerprint density at radius 2 is 1.82 bits per heavy atom. The molecule has 2 aromatic rings. The first-order valence-corrected chi connectivity index (χ1v) is 8.72. The van der Waals surface area contributed by atoms with Gasteiger partial charge in [-0.1, -0.05) is 12.1 Å². The molecule has 0 fully saturated rings. The van der Waals surface area contributed by atoms with Gasteiger partial charge in [0.05, 0.1) is 6.54 Å². The van der Waals surface area contributed by atoms with Crippen LogP contribution in [0.2, 0.25) is 0 Å². The minimum Gasteiger partial charge on any atom is -0.435 e. The molecule has 0 saturated carbocycles. The van der Waals surface area contributed by atoms with Gasteiger partial charge in [0, 0.05) is 18.2 Å². The number of carbonyl (C=O) groups excluding carboxylic acids is 1. The van der Waals surface area contributed by atoms with E-state index >= 15 is 0 Å². The highest BCUT2D eigenvalue weighted by Crippen LogP contribution is 2.22. The van der Waals surface area contributed by atoms with Crippen molar-refractivity contribution in [3.63, 3.8) is 0 Å². The number of halogens is 4. The van der Waals surface area contributed by atoms with Gasteiger partial charge in [0.2, 0.25) is 5.91 Å². The molecule has 1 unspecified atom stereocenters. The molecule has 152 valence electrons. The molecular weight excluding hydrogens is 376 g/mol. The molecule has 28 heavy (non-hydrogen) atoms. The number of rotatable bonds is 9. The second kappa shape index (κ2) is 10.1. The molecule has 0 heterocycles. The molecule has 0 radical (unpaired) electrons. The third-order valence-electron chi connectivity index (χ3n) is 4.35. The Morgan fingerprint density at radius 1 is 1.14 bits per heavy atom. The van der Waals surface area contributed by atoms with E-state index in [0.29, 0.717) is 13.0 Å². The second-order valence-electron chi connectivity index (χ2n) is 6.38. The molecule has 1 N–H and O–H groups in total. The Balaban J connectivity index is 1.79. The number of ether oxygens (including phenoxy) is 1. The normalized spacial score (nSPS) is 12.3. The molecule has 2 rings (SSSR count). The Kier molecular flexibility index (Phi) is 7.80. The molecule has 2 aromatic carbocycles. The van der Waals surface area contributed by atoms with Crippen LogP contribution in [0.15, 0.2) is 42.5 Å². The van der Waals surface area contributed by atoms with E-state index in [4.69, 9.17) is 0 Å². The number of likely N-dealkylation sites (N-methyl/N-ethyl adjacent to an activating group) is 1. The van der Waals surface area contributed by atoms with Gasteiger partial charge in [-0.05, 0) is 56.3 Å². The zero-order valence-electron chi connectivity index (χ0n) is 15.6. The monoisotopic (exact) mass is 398 g/mol. The first kappa shape index (κ1) is 21.7. The predicted molar refractivity (Wildman–Crippen MR) is 97.2 cm³/mol. The first-order valence-electron chi connectivity index (χ1n) is 8.72. The summed E-state index contributed by atoms with van der Waals surface area (Å²) in [6.07, 6.45) is 0.512. The number of alkyl halides is 2. The van der Waals surface area contributed by atoms with E-state index in [2.05, 4.69) is 10.1 Å². The van der Waals surface area contributed by atoms with Gasteiger partial charge in [0.25, 0.3) is 0 Å². The topological polar surface area (TPSA) is 41.6 Å². The standard InChI is InChI=1S/C20H22F4N2O2/c1-13(17-11-15(21)5-8-18(17)22)26(2)12-19(27)25-10-9-14-3-6-16(7-4-14)28-20(23)24/h3-8,11,13,20H,9-10,12H2,1-2H3,(H,25,27). The van der Waals surface area contributed by atoms with Crippen molar-refractivity contribution in [2.24, 2.45) is 0 Å². The van der Waals surface area contributed by atoms with Gasteiger partial charge in [0.1, 0.15) is 17.4 Å². The zero-order chi connectivity index (χ0) is 20.7. The minimum absolute atomic E-state index is 0.0122. The fourth-order valence-electron chi connectivity index (χ4n) is 2.68. The SMILES string of the molecule is CC(c1cc(F)ccc1F)N(C)CC(=O)NCCc1ccc(OC(F)F)cc1. The summed E-state index contributed by atoms with van der Waals surface area (Å²) in [5, 5.41) is 2.74. The summed E-state index contributed by atoms with van der Waals surface area (Å²) >= 11 is 0. The van der Waals surface area contributed by atoms with Gasteiger partial charge >= 0.3 is 6.61 Å². The lowest BCUT2D eigenvalue weighted by atomic mass is 10.1. The van der Waals surface area contributed by atoms with E-state index < -0.39 is 24.3 Å². The van der Waals surface area contributed by atoms with Crippen molar-refractivity contribution in [1.82, 2.24) is 10.2 Å². The van der Waals surface area contributed by atoms with Crippen molar-refractivity contribution in [3.05, 3.63) is 65.2 Å². The van der Waals surface area contributed by atoms with Crippen LogP contribution in [0, 0.1) is 11.6 Å². The van der Waals surface area contributed by atoms with Gasteiger partial charge in [-0.25, -0.2) is 8.78 Å². The highest BCUT2D eigenvalue weighted by atomic mass is 19.3. The summed E-state index contributed by atoms with van der Waals surface area (Å²) in [7, 11) is 1.65. The van der Waals surface area contributed by atoms with Crippen molar-refractivity contribution in [2.45, 2.75) is 26.0 Å². The average molecular weight is 398 g/mol. The largest absolute Gasteiger partial charge is 0.435 e. The molecule has 0 aliphatic rings. The lowest BCUT2D eigenvalue weighted by molar-refractivity contribution is -0.122. The molecule has 1 amide bonds. The highest BCUT2D eigenvalue weighted by Gasteiger charge is 2.18. The number of carbonyl (C=O) groups is 1. The van der Waals surface area contributed by atoms with Gasteiger partial charge < -0.3 is 10.1 Å². The van der Waals surface area contributed by atoms with Gasteiger partial charge in [-0.15, -0.1) is 0 Å². The number of benzene rings is 2. The van der Waals surface area contributed by atoms with E-state index in [1.165, 1.54) is 12.1 Å². The average Bonchev–Trinajstić information content (AvgIpc) is 2.64. The Hall–Kier alpha value is -2.61. The molecule has 1 atom stereocenters. The van der Waals surface area contributed by atoms with Crippen LogP contribution in [0.5, 0.6) is 5.75 Å². The summed E-state index contributed by atoms with van der Waals surface area (Å²) in [6.45, 7) is -0.818. The van der Waals surface area contributed by atoms with E-state index in [0.717, 1.165) is 23.8 Å². The number of nitrogens with one attached hydrogen (secondary N) is 1. The molecule has 8 heteroatoms. The van der Waals surface area contributed by atoms with E-state index in [1.807, 2.05) is 0 Å². The molecular formula is C20H22F4N2O2. The predicted octanol–water partition coefficient (Wildman–Crippen LogP) is 3.92. The molecule has 4 nitrogen and oxygen atoms in total. The Labute approximate surface area is 161 Å². The third kappa shape index (κ3) is 6.53. The molecule has 0 saturated heterocycles.